The maximum Gasteiger partial charge on any atom is 0.269 e. The number of aryl methyl sites for hydroxylation is 1. The van der Waals surface area contributed by atoms with Gasteiger partial charge < -0.3 is 14.0 Å². The second-order valence-corrected chi connectivity index (χ2v) is 10.5. The molecule has 188 valence electrons. The summed E-state index contributed by atoms with van der Waals surface area (Å²) in [6, 6.07) is 12.1. The first kappa shape index (κ1) is 26.6. The topological polar surface area (TPSA) is 98.9 Å². The minimum absolute atomic E-state index is 0.104. The Labute approximate surface area is 206 Å². The molecule has 0 fully saturated rings. The van der Waals surface area contributed by atoms with Crippen LogP contribution in [0, 0.1) is 19.8 Å². The lowest BCUT2D eigenvalue weighted by Crippen LogP contribution is -2.34. The van der Waals surface area contributed by atoms with Gasteiger partial charge in [-0.15, -0.1) is 0 Å². The van der Waals surface area contributed by atoms with Gasteiger partial charge in [-0.05, 0) is 49.4 Å². The van der Waals surface area contributed by atoms with E-state index in [1.807, 2.05) is 6.07 Å². The average molecular weight is 501 g/mol. The highest BCUT2D eigenvalue weighted by Crippen LogP contribution is 2.36. The molecule has 0 N–H and O–H groups in total. The van der Waals surface area contributed by atoms with Crippen molar-refractivity contribution in [2.24, 2.45) is 5.92 Å². The van der Waals surface area contributed by atoms with E-state index in [-0.39, 0.29) is 24.1 Å². The van der Waals surface area contributed by atoms with Crippen molar-refractivity contribution in [1.82, 2.24) is 5.16 Å². The van der Waals surface area contributed by atoms with Crippen LogP contribution in [0.1, 0.15) is 41.0 Å². The Balaban J connectivity index is 2.15. The van der Waals surface area contributed by atoms with Gasteiger partial charge in [-0.25, -0.2) is 12.7 Å². The van der Waals surface area contributed by atoms with Crippen molar-refractivity contribution in [1.29, 1.82) is 0 Å². The van der Waals surface area contributed by atoms with Gasteiger partial charge in [0.25, 0.3) is 10.0 Å². The molecule has 0 bridgehead atoms. The largest absolute Gasteiger partial charge is 0.382 e. The molecule has 3 rings (SSSR count). The molecule has 2 aromatic carbocycles. The molecule has 0 radical (unpaired) electrons. The van der Waals surface area contributed by atoms with Crippen molar-refractivity contribution < 1.29 is 27.2 Å². The minimum Gasteiger partial charge on any atom is -0.382 e. The fourth-order valence-electron chi connectivity index (χ4n) is 3.75. The predicted molar refractivity (Wildman–Crippen MR) is 134 cm³/mol. The van der Waals surface area contributed by atoms with Crippen LogP contribution in [0.4, 0.5) is 5.88 Å². The van der Waals surface area contributed by atoms with Crippen molar-refractivity contribution in [3.8, 4) is 11.1 Å². The van der Waals surface area contributed by atoms with E-state index in [1.54, 1.807) is 57.4 Å². The molecular formula is C26H32N2O6S. The van der Waals surface area contributed by atoms with E-state index in [0.29, 0.717) is 41.3 Å². The second-order valence-electron chi connectivity index (χ2n) is 8.71. The Morgan fingerprint density at radius 2 is 1.83 bits per heavy atom. The van der Waals surface area contributed by atoms with E-state index < -0.39 is 10.0 Å². The second kappa shape index (κ2) is 11.6. The summed E-state index contributed by atoms with van der Waals surface area (Å²) in [5.74, 6) is 0.415. The molecule has 0 aliphatic carbocycles. The molecule has 1 heterocycles. The molecule has 3 aromatic rings. The number of aromatic nitrogens is 1. The smallest absolute Gasteiger partial charge is 0.269 e. The molecule has 0 saturated heterocycles. The Hall–Kier alpha value is -3.01. The zero-order valence-corrected chi connectivity index (χ0v) is 21.6. The fraction of sp³-hybridized carbons (Fsp3) is 0.385. The van der Waals surface area contributed by atoms with E-state index in [9.17, 15) is 13.2 Å². The van der Waals surface area contributed by atoms with E-state index in [1.165, 1.54) is 0 Å². The lowest BCUT2D eigenvalue weighted by molar-refractivity contribution is 0.0744. The number of carbonyl (C=O) groups excluding carboxylic acids is 1. The van der Waals surface area contributed by atoms with Crippen LogP contribution in [-0.2, 0) is 25.9 Å². The molecule has 0 atom stereocenters. The van der Waals surface area contributed by atoms with Crippen LogP contribution in [0.25, 0.3) is 11.1 Å². The summed E-state index contributed by atoms with van der Waals surface area (Å²) in [5, 5.41) is 3.94. The molecule has 0 aliphatic heterocycles. The first-order valence-electron chi connectivity index (χ1n) is 11.4. The maximum absolute atomic E-state index is 14.1. The van der Waals surface area contributed by atoms with Crippen molar-refractivity contribution in [2.45, 2.75) is 39.0 Å². The lowest BCUT2D eigenvalue weighted by atomic mass is 9.92. The number of benzene rings is 2. The first-order valence-corrected chi connectivity index (χ1v) is 12.8. The summed E-state index contributed by atoms with van der Waals surface area (Å²) in [5.41, 5.74) is 3.95. The highest BCUT2D eigenvalue weighted by Gasteiger charge is 2.32. The first-order chi connectivity index (χ1) is 16.7. The van der Waals surface area contributed by atoms with Gasteiger partial charge in [0.15, 0.2) is 0 Å². The monoisotopic (exact) mass is 500 g/mol. The van der Waals surface area contributed by atoms with E-state index in [0.717, 1.165) is 21.7 Å². The van der Waals surface area contributed by atoms with Crippen molar-refractivity contribution in [3.63, 3.8) is 0 Å². The summed E-state index contributed by atoms with van der Waals surface area (Å²) in [6.07, 6.45) is 1.49. The van der Waals surface area contributed by atoms with Crippen LogP contribution < -0.4 is 4.31 Å². The summed E-state index contributed by atoms with van der Waals surface area (Å²) in [4.78, 5) is 11.5. The number of ether oxygens (including phenoxy) is 2. The Morgan fingerprint density at radius 3 is 2.46 bits per heavy atom. The number of nitrogens with zero attached hydrogens (tertiary/aromatic N) is 2. The van der Waals surface area contributed by atoms with Crippen LogP contribution in [0.15, 0.2) is 51.9 Å². The van der Waals surface area contributed by atoms with Crippen molar-refractivity contribution >= 4 is 22.2 Å². The van der Waals surface area contributed by atoms with Crippen molar-refractivity contribution in [2.75, 3.05) is 31.4 Å². The number of hydrogen-bond donors (Lipinski definition) is 0. The lowest BCUT2D eigenvalue weighted by Gasteiger charge is -2.24. The van der Waals surface area contributed by atoms with Gasteiger partial charge in [0.05, 0.1) is 23.8 Å². The number of sulfonamides is 1. The summed E-state index contributed by atoms with van der Waals surface area (Å²) in [7, 11) is -2.58. The van der Waals surface area contributed by atoms with Gasteiger partial charge >= 0.3 is 0 Å². The Bertz CT molecular complexity index is 1270. The Morgan fingerprint density at radius 1 is 1.09 bits per heavy atom. The van der Waals surface area contributed by atoms with Gasteiger partial charge in [0.2, 0.25) is 5.88 Å². The quantitative estimate of drug-likeness (QED) is 0.200. The summed E-state index contributed by atoms with van der Waals surface area (Å²) < 4.78 is 45.3. The minimum atomic E-state index is -4.13. The maximum atomic E-state index is 14.1. The van der Waals surface area contributed by atoms with Crippen molar-refractivity contribution in [3.05, 3.63) is 64.8 Å². The van der Waals surface area contributed by atoms with E-state index in [4.69, 9.17) is 14.0 Å². The molecule has 0 amide bonds. The predicted octanol–water partition coefficient (Wildman–Crippen LogP) is 4.79. The highest BCUT2D eigenvalue weighted by molar-refractivity contribution is 7.93. The average Bonchev–Trinajstić information content (AvgIpc) is 3.16. The summed E-state index contributed by atoms with van der Waals surface area (Å²) in [6.45, 7) is 7.92. The third-order valence-corrected chi connectivity index (χ3v) is 7.40. The standard InChI is InChI=1S/C26H32N2O6S/c1-18(2)14-22-15-21(16-29)10-11-23(22)24-8-6-7-9-25(24)35(30,31)28(17-33-13-12-32-5)26-19(3)20(4)27-34-26/h6-11,15-16,18H,12-14,17H2,1-5H3. The number of hydrogen-bond acceptors (Lipinski definition) is 7. The molecule has 0 unspecified atom stereocenters. The van der Waals surface area contributed by atoms with Gasteiger partial charge in [0, 0.05) is 23.8 Å². The van der Waals surface area contributed by atoms with E-state index >= 15 is 0 Å². The fourth-order valence-corrected chi connectivity index (χ4v) is 5.30. The normalized spacial score (nSPS) is 11.7. The van der Waals surface area contributed by atoms with Gasteiger partial charge in [-0.3, -0.25) is 4.79 Å². The molecule has 0 saturated carbocycles. The van der Waals surface area contributed by atoms with Crippen LogP contribution in [-0.4, -0.2) is 46.9 Å². The molecule has 0 aliphatic rings. The van der Waals surface area contributed by atoms with E-state index in [2.05, 4.69) is 19.0 Å². The van der Waals surface area contributed by atoms with Crippen LogP contribution in [0.5, 0.6) is 0 Å². The third kappa shape index (κ3) is 5.98. The summed E-state index contributed by atoms with van der Waals surface area (Å²) >= 11 is 0. The number of methoxy groups -OCH3 is 1. The number of rotatable bonds is 12. The molecule has 0 spiro atoms. The van der Waals surface area contributed by atoms with Crippen LogP contribution >= 0.6 is 0 Å². The molecule has 1 aromatic heterocycles. The van der Waals surface area contributed by atoms with Gasteiger partial charge in [-0.1, -0.05) is 49.3 Å². The third-order valence-electron chi connectivity index (χ3n) is 5.64. The molecular weight excluding hydrogens is 468 g/mol. The molecule has 9 heteroatoms. The number of anilines is 1. The number of aldehydes is 1. The SMILES string of the molecule is COCCOCN(c1onc(C)c1C)S(=O)(=O)c1ccccc1-c1ccc(C=O)cc1CC(C)C. The zero-order valence-electron chi connectivity index (χ0n) is 20.8. The zero-order chi connectivity index (χ0) is 25.6. The number of carbonyl (C=O) groups is 1. The van der Waals surface area contributed by atoms with Crippen LogP contribution in [0.3, 0.4) is 0 Å². The van der Waals surface area contributed by atoms with Gasteiger partial charge in [0.1, 0.15) is 13.0 Å². The van der Waals surface area contributed by atoms with Gasteiger partial charge in [-0.2, -0.15) is 0 Å². The molecule has 35 heavy (non-hydrogen) atoms. The highest BCUT2D eigenvalue weighted by atomic mass is 32.2. The van der Waals surface area contributed by atoms with Crippen LogP contribution in [0.2, 0.25) is 0 Å². The Kier molecular flexibility index (Phi) is 8.82. The molecule has 8 nitrogen and oxygen atoms in total.